The monoisotopic (exact) mass is 193 g/mol. The molecule has 2 heterocycles. The minimum atomic E-state index is 0.854. The van der Waals surface area contributed by atoms with Gasteiger partial charge in [-0.25, -0.2) is 0 Å². The van der Waals surface area contributed by atoms with Gasteiger partial charge in [0.25, 0.3) is 0 Å². The van der Waals surface area contributed by atoms with Gasteiger partial charge in [-0.2, -0.15) is 0 Å². The van der Waals surface area contributed by atoms with E-state index in [-0.39, 0.29) is 0 Å². The molecule has 1 aromatic heterocycles. The van der Waals surface area contributed by atoms with Crippen molar-refractivity contribution in [2.45, 2.75) is 33.7 Å². The van der Waals surface area contributed by atoms with Crippen LogP contribution in [0.3, 0.4) is 0 Å². The minimum absolute atomic E-state index is 0.854. The van der Waals surface area contributed by atoms with Crippen LogP contribution in [0.5, 0.6) is 0 Å². The van der Waals surface area contributed by atoms with Crippen LogP contribution in [0.15, 0.2) is 10.5 Å². The first kappa shape index (κ1) is 9.78. The molecular formula is C12H19NO. The van der Waals surface area contributed by atoms with Crippen molar-refractivity contribution in [2.24, 2.45) is 5.92 Å². The van der Waals surface area contributed by atoms with Gasteiger partial charge >= 0.3 is 0 Å². The van der Waals surface area contributed by atoms with Gasteiger partial charge in [0, 0.05) is 6.54 Å². The average molecular weight is 193 g/mol. The highest BCUT2D eigenvalue weighted by Gasteiger charge is 2.19. The molecule has 2 heteroatoms. The van der Waals surface area contributed by atoms with Crippen LogP contribution in [0.2, 0.25) is 0 Å². The Labute approximate surface area is 85.9 Å². The zero-order valence-electron chi connectivity index (χ0n) is 9.34. The van der Waals surface area contributed by atoms with Crippen LogP contribution < -0.4 is 0 Å². The minimum Gasteiger partial charge on any atom is -0.465 e. The topological polar surface area (TPSA) is 16.4 Å². The number of aryl methyl sites for hydroxylation is 2. The van der Waals surface area contributed by atoms with Crippen LogP contribution in [0.1, 0.15) is 30.4 Å². The van der Waals surface area contributed by atoms with E-state index in [1.165, 1.54) is 25.1 Å². The lowest BCUT2D eigenvalue weighted by molar-refractivity contribution is 0.286. The van der Waals surface area contributed by atoms with Gasteiger partial charge in [0.1, 0.15) is 11.5 Å². The van der Waals surface area contributed by atoms with Crippen molar-refractivity contribution in [1.29, 1.82) is 0 Å². The number of likely N-dealkylation sites (tertiary alicyclic amines) is 1. The highest BCUT2D eigenvalue weighted by molar-refractivity contribution is 5.18. The van der Waals surface area contributed by atoms with E-state index >= 15 is 0 Å². The molecular weight excluding hydrogens is 174 g/mol. The molecule has 0 bridgehead atoms. The summed E-state index contributed by atoms with van der Waals surface area (Å²) in [5.74, 6) is 3.04. The Morgan fingerprint density at radius 3 is 2.79 bits per heavy atom. The summed E-state index contributed by atoms with van der Waals surface area (Å²) in [5, 5.41) is 0. The third-order valence-electron chi connectivity index (χ3n) is 3.10. The lowest BCUT2D eigenvalue weighted by Crippen LogP contribution is -2.19. The molecule has 0 N–H and O–H groups in total. The fourth-order valence-electron chi connectivity index (χ4n) is 2.12. The Morgan fingerprint density at radius 2 is 2.29 bits per heavy atom. The third kappa shape index (κ3) is 2.01. The molecule has 0 radical (unpaired) electrons. The van der Waals surface area contributed by atoms with E-state index in [1.807, 2.05) is 6.92 Å². The summed E-state index contributed by atoms with van der Waals surface area (Å²) in [6, 6.07) is 2.16. The van der Waals surface area contributed by atoms with Crippen molar-refractivity contribution in [2.75, 3.05) is 13.1 Å². The fourth-order valence-corrected chi connectivity index (χ4v) is 2.12. The van der Waals surface area contributed by atoms with Gasteiger partial charge in [0.15, 0.2) is 0 Å². The maximum atomic E-state index is 5.67. The van der Waals surface area contributed by atoms with Gasteiger partial charge in [-0.3, -0.25) is 4.90 Å². The van der Waals surface area contributed by atoms with Crippen molar-refractivity contribution in [1.82, 2.24) is 4.90 Å². The molecule has 2 rings (SSSR count). The average Bonchev–Trinajstić information content (AvgIpc) is 2.62. The predicted molar refractivity (Wildman–Crippen MR) is 57.2 cm³/mol. The molecule has 78 valence electrons. The first-order chi connectivity index (χ1) is 6.65. The van der Waals surface area contributed by atoms with E-state index in [0.717, 1.165) is 24.0 Å². The maximum Gasteiger partial charge on any atom is 0.118 e. The molecule has 2 nitrogen and oxygen atoms in total. The third-order valence-corrected chi connectivity index (χ3v) is 3.10. The molecule has 0 aliphatic carbocycles. The maximum absolute atomic E-state index is 5.67. The lowest BCUT2D eigenvalue weighted by Gasteiger charge is -2.12. The smallest absolute Gasteiger partial charge is 0.118 e. The SMILES string of the molecule is Cc1cc(CN2CC[C@H](C)C2)oc1C. The summed E-state index contributed by atoms with van der Waals surface area (Å²) in [4.78, 5) is 2.47. The lowest BCUT2D eigenvalue weighted by atomic mass is 10.2. The molecule has 1 aromatic rings. The summed E-state index contributed by atoms with van der Waals surface area (Å²) in [6.45, 7) is 9.89. The highest BCUT2D eigenvalue weighted by Crippen LogP contribution is 2.20. The molecule has 0 aromatic carbocycles. The van der Waals surface area contributed by atoms with E-state index in [2.05, 4.69) is 24.8 Å². The van der Waals surface area contributed by atoms with E-state index < -0.39 is 0 Å². The summed E-state index contributed by atoms with van der Waals surface area (Å²) >= 11 is 0. The first-order valence-electron chi connectivity index (χ1n) is 5.43. The first-order valence-corrected chi connectivity index (χ1v) is 5.43. The summed E-state index contributed by atoms with van der Waals surface area (Å²) in [5.41, 5.74) is 1.27. The van der Waals surface area contributed by atoms with Gasteiger partial charge in [-0.15, -0.1) is 0 Å². The number of hydrogen-bond acceptors (Lipinski definition) is 2. The van der Waals surface area contributed by atoms with Gasteiger partial charge in [0.05, 0.1) is 6.54 Å². The number of furan rings is 1. The van der Waals surface area contributed by atoms with Crippen molar-refractivity contribution in [3.63, 3.8) is 0 Å². The van der Waals surface area contributed by atoms with Crippen LogP contribution in [0, 0.1) is 19.8 Å². The van der Waals surface area contributed by atoms with Crippen LogP contribution in [-0.2, 0) is 6.54 Å². The Kier molecular flexibility index (Phi) is 2.64. The Morgan fingerprint density at radius 1 is 1.50 bits per heavy atom. The normalized spacial score (nSPS) is 23.2. The van der Waals surface area contributed by atoms with Crippen molar-refractivity contribution < 1.29 is 4.42 Å². The highest BCUT2D eigenvalue weighted by atomic mass is 16.3. The molecule has 1 aliphatic heterocycles. The van der Waals surface area contributed by atoms with Crippen LogP contribution in [0.4, 0.5) is 0 Å². The van der Waals surface area contributed by atoms with Gasteiger partial charge in [0.2, 0.25) is 0 Å². The molecule has 14 heavy (non-hydrogen) atoms. The second kappa shape index (κ2) is 3.77. The van der Waals surface area contributed by atoms with Crippen LogP contribution in [0.25, 0.3) is 0 Å². The molecule has 1 fully saturated rings. The molecule has 1 aliphatic rings. The summed E-state index contributed by atoms with van der Waals surface area (Å²) < 4.78 is 5.67. The second-order valence-corrected chi connectivity index (χ2v) is 4.58. The molecule has 0 amide bonds. The van der Waals surface area contributed by atoms with Gasteiger partial charge in [-0.1, -0.05) is 6.92 Å². The summed E-state index contributed by atoms with van der Waals surface area (Å²) in [7, 11) is 0. The van der Waals surface area contributed by atoms with Gasteiger partial charge in [-0.05, 0) is 44.4 Å². The Bertz CT molecular complexity index is 297. The van der Waals surface area contributed by atoms with E-state index in [4.69, 9.17) is 4.42 Å². The molecule has 0 unspecified atom stereocenters. The van der Waals surface area contributed by atoms with Crippen LogP contribution in [-0.4, -0.2) is 18.0 Å². The second-order valence-electron chi connectivity index (χ2n) is 4.58. The zero-order valence-corrected chi connectivity index (χ0v) is 9.34. The van der Waals surface area contributed by atoms with Gasteiger partial charge < -0.3 is 4.42 Å². The largest absolute Gasteiger partial charge is 0.465 e. The zero-order chi connectivity index (χ0) is 10.1. The standard InChI is InChI=1S/C12H19NO/c1-9-4-5-13(7-9)8-12-6-10(2)11(3)14-12/h6,9H,4-5,7-8H2,1-3H3/t9-/m0/s1. The quantitative estimate of drug-likeness (QED) is 0.718. The van der Waals surface area contributed by atoms with E-state index in [0.29, 0.717) is 0 Å². The number of hydrogen-bond donors (Lipinski definition) is 0. The molecule has 1 atom stereocenters. The fraction of sp³-hybridized carbons (Fsp3) is 0.667. The number of rotatable bonds is 2. The number of nitrogens with zero attached hydrogens (tertiary/aromatic N) is 1. The molecule has 1 saturated heterocycles. The Hall–Kier alpha value is -0.760. The molecule has 0 spiro atoms. The Balaban J connectivity index is 1.97. The summed E-state index contributed by atoms with van der Waals surface area (Å²) in [6.07, 6.45) is 1.33. The predicted octanol–water partition coefficient (Wildman–Crippen LogP) is 2.74. The van der Waals surface area contributed by atoms with Crippen molar-refractivity contribution in [3.8, 4) is 0 Å². The molecule has 0 saturated carbocycles. The van der Waals surface area contributed by atoms with Crippen LogP contribution >= 0.6 is 0 Å². The van der Waals surface area contributed by atoms with E-state index in [9.17, 15) is 0 Å². The van der Waals surface area contributed by atoms with Crippen molar-refractivity contribution in [3.05, 3.63) is 23.2 Å². The van der Waals surface area contributed by atoms with Crippen molar-refractivity contribution >= 4 is 0 Å². The van der Waals surface area contributed by atoms with E-state index in [1.54, 1.807) is 0 Å².